The zero-order valence-electron chi connectivity index (χ0n) is 24.1. The molecule has 1 aliphatic carbocycles. The third kappa shape index (κ3) is 4.57. The Labute approximate surface area is 262 Å². The molecule has 2 aromatic heterocycles. The highest BCUT2D eigenvalue weighted by molar-refractivity contribution is 8.94. The number of hydrogen-bond acceptors (Lipinski definition) is 10. The van der Waals surface area contributed by atoms with Crippen LogP contribution in [-0.2, 0) is 44.2 Å². The molecule has 5 atom stereocenters. The summed E-state index contributed by atoms with van der Waals surface area (Å²) in [5.41, 5.74) is 2.22. The molecule has 1 unspecified atom stereocenters. The fraction of sp³-hybridized carbons (Fsp3) is 0.467. The summed E-state index contributed by atoms with van der Waals surface area (Å²) in [6.07, 6.45) is 0.834. The summed E-state index contributed by atoms with van der Waals surface area (Å²) in [7, 11) is 5.78. The number of hydrogen-bond donors (Lipinski definition) is 2. The number of aryl methyl sites for hydroxylation is 1. The summed E-state index contributed by atoms with van der Waals surface area (Å²) < 4.78 is 33.4. The Morgan fingerprint density at radius 3 is 2.89 bits per heavy atom. The number of carbonyl (C=O) groups excluding carboxylic acids is 2. The van der Waals surface area contributed by atoms with Gasteiger partial charge in [0.05, 0.1) is 46.9 Å². The van der Waals surface area contributed by atoms with Crippen molar-refractivity contribution in [3.8, 4) is 11.4 Å². The van der Waals surface area contributed by atoms with Crippen molar-refractivity contribution in [2.45, 2.75) is 75.7 Å². The highest BCUT2D eigenvalue weighted by atomic mass is 33.3. The summed E-state index contributed by atoms with van der Waals surface area (Å²) in [6, 6.07) is 2.54. The lowest BCUT2D eigenvalue weighted by molar-refractivity contribution is -0.172. The number of nitrogens with zero attached hydrogens (tertiary/aromatic N) is 2. The molecule has 10 nitrogen and oxygen atoms in total. The number of alkyl carbamates (subject to hydrolysis) is 1. The minimum absolute atomic E-state index is 0.0219. The van der Waals surface area contributed by atoms with Gasteiger partial charge in [0.1, 0.15) is 18.5 Å². The first-order valence-electron chi connectivity index (χ1n) is 14.5. The third-order valence-electron chi connectivity index (χ3n) is 9.35. The number of carbonyl (C=O) groups is 2. The summed E-state index contributed by atoms with van der Waals surface area (Å²) in [6.45, 7) is 4.24. The van der Waals surface area contributed by atoms with E-state index in [1.54, 1.807) is 45.7 Å². The number of esters is 1. The Bertz CT molecular complexity index is 1800. The summed E-state index contributed by atoms with van der Waals surface area (Å²) in [4.78, 5) is 44.6. The second-order valence-corrected chi connectivity index (χ2v) is 15.5. The standard InChI is InChI=1S/C30H31FN3O7PS2/c1-3-30(38)17-8-21-26-15(10-34(21)27(35)16(17)11-40-28(30)36)25-19(5-4-14-13(2)18(31)9-20(32-26)24(14)25)33-29(37)41-22-12-39-7-6-23(22)43-44-42/h8-9,19,22-23,38H,3-7,10-12,42H2,1-2H3,(H,33,37)/t19-,22-,23-,30-/m0/s1. The molecule has 3 aromatic rings. The number of fused-ring (bicyclic) bond motifs is 5. The number of benzene rings is 1. The quantitative estimate of drug-likeness (QED) is 0.179. The molecule has 0 bridgehead atoms. The van der Waals surface area contributed by atoms with Gasteiger partial charge >= 0.3 is 12.1 Å². The molecule has 44 heavy (non-hydrogen) atoms. The van der Waals surface area contributed by atoms with Crippen LogP contribution in [0.25, 0.3) is 22.3 Å². The number of rotatable bonds is 5. The van der Waals surface area contributed by atoms with Crippen molar-refractivity contribution in [3.05, 3.63) is 61.7 Å². The van der Waals surface area contributed by atoms with Crippen LogP contribution < -0.4 is 10.9 Å². The molecule has 3 aliphatic heterocycles. The highest BCUT2D eigenvalue weighted by Gasteiger charge is 2.46. The van der Waals surface area contributed by atoms with Crippen molar-refractivity contribution in [3.63, 3.8) is 0 Å². The third-order valence-corrected chi connectivity index (χ3v) is 12.3. The van der Waals surface area contributed by atoms with E-state index >= 15 is 4.39 Å². The predicted octanol–water partition coefficient (Wildman–Crippen LogP) is 4.57. The van der Waals surface area contributed by atoms with E-state index < -0.39 is 29.8 Å². The van der Waals surface area contributed by atoms with E-state index in [1.165, 1.54) is 6.07 Å². The van der Waals surface area contributed by atoms with Crippen molar-refractivity contribution < 1.29 is 33.3 Å². The number of aromatic nitrogens is 2. The molecule has 1 aromatic carbocycles. The second-order valence-electron chi connectivity index (χ2n) is 11.6. The zero-order chi connectivity index (χ0) is 30.9. The number of amides is 1. The lowest BCUT2D eigenvalue weighted by Gasteiger charge is -2.32. The molecular weight excluding hydrogens is 628 g/mol. The number of cyclic esters (lactones) is 1. The van der Waals surface area contributed by atoms with Gasteiger partial charge in [0.25, 0.3) is 5.56 Å². The lowest BCUT2D eigenvalue weighted by Crippen LogP contribution is -2.44. The van der Waals surface area contributed by atoms with E-state index in [0.717, 1.165) is 28.5 Å². The van der Waals surface area contributed by atoms with Gasteiger partial charge in [0.2, 0.25) is 0 Å². The fourth-order valence-electron chi connectivity index (χ4n) is 7.00. The van der Waals surface area contributed by atoms with E-state index in [-0.39, 0.29) is 47.3 Å². The van der Waals surface area contributed by atoms with Crippen LogP contribution in [0.1, 0.15) is 65.6 Å². The SMILES string of the molecule is CC[C@@]1(O)C(=O)OCc2c1cc1n(c2=O)Cc2c-1nc1cc(F)c(C)c3c1c2[C@@H](NC(=O)O[C@H]1COCC[C@@H]1SSP)CC3. The second kappa shape index (κ2) is 11.3. The molecule has 1 fully saturated rings. The van der Waals surface area contributed by atoms with Crippen molar-refractivity contribution in [2.24, 2.45) is 0 Å². The van der Waals surface area contributed by atoms with Gasteiger partial charge < -0.3 is 29.2 Å². The summed E-state index contributed by atoms with van der Waals surface area (Å²) >= 11 is 0. The van der Waals surface area contributed by atoms with Gasteiger partial charge in [-0.1, -0.05) is 36.6 Å². The first kappa shape index (κ1) is 30.0. The molecule has 0 radical (unpaired) electrons. The molecular formula is C30H31FN3O7PS2. The summed E-state index contributed by atoms with van der Waals surface area (Å²) in [5.74, 6) is -1.18. The normalized spacial score (nSPS) is 25.2. The maximum Gasteiger partial charge on any atom is 0.408 e. The van der Waals surface area contributed by atoms with Gasteiger partial charge in [0.15, 0.2) is 5.60 Å². The molecule has 1 saturated heterocycles. The van der Waals surface area contributed by atoms with Crippen LogP contribution in [0, 0.1) is 12.7 Å². The maximum atomic E-state index is 15.2. The molecule has 1 amide bonds. The monoisotopic (exact) mass is 659 g/mol. The van der Waals surface area contributed by atoms with Crippen LogP contribution in [-0.4, -0.2) is 51.3 Å². The van der Waals surface area contributed by atoms with Gasteiger partial charge in [-0.15, -0.1) is 0 Å². The molecule has 2 N–H and O–H groups in total. The number of nitrogens with one attached hydrogen (secondary N) is 1. The number of halogens is 1. The van der Waals surface area contributed by atoms with E-state index in [4.69, 9.17) is 19.2 Å². The van der Waals surface area contributed by atoms with Gasteiger partial charge in [-0.3, -0.25) is 4.79 Å². The molecule has 0 saturated carbocycles. The van der Waals surface area contributed by atoms with Gasteiger partial charge in [-0.2, -0.15) is 0 Å². The molecule has 7 rings (SSSR count). The molecule has 14 heteroatoms. The molecule has 232 valence electrons. The largest absolute Gasteiger partial charge is 0.458 e. The Balaban J connectivity index is 1.34. The van der Waals surface area contributed by atoms with E-state index in [9.17, 15) is 19.5 Å². The van der Waals surface area contributed by atoms with E-state index in [1.807, 2.05) is 0 Å². The average molecular weight is 660 g/mol. The van der Waals surface area contributed by atoms with Crippen LogP contribution in [0.5, 0.6) is 0 Å². The van der Waals surface area contributed by atoms with Crippen molar-refractivity contribution >= 4 is 52.6 Å². The van der Waals surface area contributed by atoms with Crippen LogP contribution in [0.15, 0.2) is 16.9 Å². The van der Waals surface area contributed by atoms with Crippen LogP contribution in [0.4, 0.5) is 9.18 Å². The molecule has 0 spiro atoms. The van der Waals surface area contributed by atoms with Crippen molar-refractivity contribution in [1.82, 2.24) is 14.9 Å². The zero-order valence-corrected chi connectivity index (χ0v) is 26.9. The van der Waals surface area contributed by atoms with Crippen LogP contribution in [0.3, 0.4) is 0 Å². The predicted molar refractivity (Wildman–Crippen MR) is 168 cm³/mol. The smallest absolute Gasteiger partial charge is 0.408 e. The highest BCUT2D eigenvalue weighted by Crippen LogP contribution is 2.46. The minimum Gasteiger partial charge on any atom is -0.458 e. The Hall–Kier alpha value is -2.70. The first-order chi connectivity index (χ1) is 21.2. The average Bonchev–Trinajstić information content (AvgIpc) is 3.38. The fourth-order valence-corrected chi connectivity index (χ4v) is 9.96. The Kier molecular flexibility index (Phi) is 7.68. The molecule has 5 heterocycles. The number of aliphatic hydroxyl groups is 1. The van der Waals surface area contributed by atoms with Crippen molar-refractivity contribution in [2.75, 3.05) is 13.2 Å². The van der Waals surface area contributed by atoms with Crippen molar-refractivity contribution in [1.29, 1.82) is 0 Å². The topological polar surface area (TPSA) is 129 Å². The van der Waals surface area contributed by atoms with Gasteiger partial charge in [0, 0.05) is 29.2 Å². The molecule has 4 aliphatic rings. The van der Waals surface area contributed by atoms with Crippen LogP contribution in [0.2, 0.25) is 0 Å². The van der Waals surface area contributed by atoms with E-state index in [0.29, 0.717) is 48.5 Å². The summed E-state index contributed by atoms with van der Waals surface area (Å²) in [5, 5.41) is 15.2. The first-order valence-corrected chi connectivity index (χ1v) is 18.2. The Morgan fingerprint density at radius 1 is 1.30 bits per heavy atom. The number of pyridine rings is 2. The van der Waals surface area contributed by atoms with Gasteiger partial charge in [-0.05, 0) is 55.4 Å². The minimum atomic E-state index is -1.96. The maximum absolute atomic E-state index is 15.2. The lowest BCUT2D eigenvalue weighted by atomic mass is 9.81. The number of ether oxygens (including phenoxy) is 3. The van der Waals surface area contributed by atoms with Crippen LogP contribution >= 0.6 is 29.6 Å². The Morgan fingerprint density at radius 2 is 2.11 bits per heavy atom. The van der Waals surface area contributed by atoms with Gasteiger partial charge in [-0.25, -0.2) is 19.0 Å². The van der Waals surface area contributed by atoms with E-state index in [2.05, 4.69) is 13.8 Å².